The summed E-state index contributed by atoms with van der Waals surface area (Å²) < 4.78 is 28.2. The Labute approximate surface area is 115 Å². The van der Waals surface area contributed by atoms with E-state index in [1.54, 1.807) is 19.2 Å². The second-order valence-corrected chi connectivity index (χ2v) is 7.18. The normalized spacial score (nSPS) is 24.1. The highest BCUT2D eigenvalue weighted by atomic mass is 32.2. The Morgan fingerprint density at radius 2 is 1.89 bits per heavy atom. The zero-order valence-corrected chi connectivity index (χ0v) is 12.2. The monoisotopic (exact) mass is 283 g/mol. The van der Waals surface area contributed by atoms with Crippen LogP contribution in [0.5, 0.6) is 0 Å². The van der Waals surface area contributed by atoms with Gasteiger partial charge in [0.1, 0.15) is 0 Å². The maximum atomic E-state index is 11.4. The van der Waals surface area contributed by atoms with E-state index in [4.69, 9.17) is 4.74 Å². The summed E-state index contributed by atoms with van der Waals surface area (Å²) in [6.45, 7) is 0. The number of methoxy groups -OCH3 is 1. The van der Waals surface area contributed by atoms with E-state index >= 15 is 0 Å². The molecule has 0 amide bonds. The molecule has 19 heavy (non-hydrogen) atoms. The summed E-state index contributed by atoms with van der Waals surface area (Å²) in [7, 11) is -1.36. The minimum absolute atomic E-state index is 0.335. The van der Waals surface area contributed by atoms with Crippen LogP contribution in [-0.4, -0.2) is 33.9 Å². The smallest absolute Gasteiger partial charge is 0.175 e. The van der Waals surface area contributed by atoms with Crippen molar-refractivity contribution in [2.75, 3.05) is 18.7 Å². The first kappa shape index (κ1) is 14.3. The van der Waals surface area contributed by atoms with E-state index in [-0.39, 0.29) is 0 Å². The van der Waals surface area contributed by atoms with Crippen molar-refractivity contribution in [2.24, 2.45) is 0 Å². The maximum absolute atomic E-state index is 11.4. The van der Waals surface area contributed by atoms with Gasteiger partial charge >= 0.3 is 0 Å². The van der Waals surface area contributed by atoms with Gasteiger partial charge in [0.2, 0.25) is 0 Å². The summed E-state index contributed by atoms with van der Waals surface area (Å²) in [5, 5.41) is 3.45. The van der Waals surface area contributed by atoms with Gasteiger partial charge in [-0.25, -0.2) is 8.42 Å². The minimum atomic E-state index is -3.11. The lowest BCUT2D eigenvalue weighted by atomic mass is 9.92. The van der Waals surface area contributed by atoms with E-state index in [0.29, 0.717) is 17.0 Å². The quantitative estimate of drug-likeness (QED) is 0.922. The molecule has 1 aromatic rings. The molecule has 0 spiro atoms. The number of benzene rings is 1. The van der Waals surface area contributed by atoms with Gasteiger partial charge in [-0.1, -0.05) is 0 Å². The molecule has 4 nitrogen and oxygen atoms in total. The van der Waals surface area contributed by atoms with Crippen LogP contribution in [0.4, 0.5) is 5.69 Å². The van der Waals surface area contributed by atoms with Crippen molar-refractivity contribution in [3.05, 3.63) is 24.3 Å². The van der Waals surface area contributed by atoms with Crippen molar-refractivity contribution in [3.8, 4) is 0 Å². The molecule has 1 aromatic carbocycles. The molecule has 0 aromatic heterocycles. The average molecular weight is 283 g/mol. The topological polar surface area (TPSA) is 55.4 Å². The first-order valence-corrected chi connectivity index (χ1v) is 8.47. The maximum Gasteiger partial charge on any atom is 0.175 e. The van der Waals surface area contributed by atoms with Crippen LogP contribution >= 0.6 is 0 Å². The van der Waals surface area contributed by atoms with Crippen molar-refractivity contribution in [3.63, 3.8) is 0 Å². The van der Waals surface area contributed by atoms with Crippen molar-refractivity contribution in [1.82, 2.24) is 0 Å². The van der Waals surface area contributed by atoms with E-state index in [1.807, 2.05) is 12.1 Å². The summed E-state index contributed by atoms with van der Waals surface area (Å²) in [5.74, 6) is 0. The number of nitrogens with one attached hydrogen (secondary N) is 1. The number of sulfone groups is 1. The molecular weight excluding hydrogens is 262 g/mol. The predicted molar refractivity (Wildman–Crippen MR) is 76.2 cm³/mol. The molecule has 2 atom stereocenters. The van der Waals surface area contributed by atoms with Crippen LogP contribution in [0.2, 0.25) is 0 Å². The molecule has 1 saturated carbocycles. The molecule has 0 bridgehead atoms. The van der Waals surface area contributed by atoms with Gasteiger partial charge in [0.25, 0.3) is 0 Å². The Kier molecular flexibility index (Phi) is 4.47. The van der Waals surface area contributed by atoms with E-state index < -0.39 is 9.84 Å². The fraction of sp³-hybridized carbons (Fsp3) is 0.571. The molecule has 2 rings (SSSR count). The average Bonchev–Trinajstić information content (AvgIpc) is 2.38. The van der Waals surface area contributed by atoms with E-state index in [9.17, 15) is 8.42 Å². The van der Waals surface area contributed by atoms with Crippen LogP contribution in [-0.2, 0) is 14.6 Å². The van der Waals surface area contributed by atoms with Gasteiger partial charge in [-0.3, -0.25) is 0 Å². The van der Waals surface area contributed by atoms with E-state index in [2.05, 4.69) is 5.32 Å². The van der Waals surface area contributed by atoms with Gasteiger partial charge < -0.3 is 10.1 Å². The fourth-order valence-electron chi connectivity index (χ4n) is 2.52. The van der Waals surface area contributed by atoms with Crippen molar-refractivity contribution < 1.29 is 13.2 Å². The third-order valence-corrected chi connectivity index (χ3v) is 4.74. The van der Waals surface area contributed by atoms with Crippen molar-refractivity contribution in [1.29, 1.82) is 0 Å². The van der Waals surface area contributed by atoms with Crippen molar-refractivity contribution in [2.45, 2.75) is 42.7 Å². The fourth-order valence-corrected chi connectivity index (χ4v) is 3.15. The van der Waals surface area contributed by atoms with Gasteiger partial charge in [0, 0.05) is 25.1 Å². The summed E-state index contributed by atoms with van der Waals surface area (Å²) in [6.07, 6.45) is 5.98. The third kappa shape index (κ3) is 3.94. The molecule has 2 unspecified atom stereocenters. The van der Waals surface area contributed by atoms with Crippen LogP contribution in [0.1, 0.15) is 25.7 Å². The molecule has 1 aliphatic carbocycles. The highest BCUT2D eigenvalue weighted by molar-refractivity contribution is 7.90. The molecule has 1 fully saturated rings. The number of anilines is 1. The molecule has 1 N–H and O–H groups in total. The van der Waals surface area contributed by atoms with Crippen LogP contribution in [0.3, 0.4) is 0 Å². The minimum Gasteiger partial charge on any atom is -0.382 e. The predicted octanol–water partition coefficient (Wildman–Crippen LogP) is 2.46. The summed E-state index contributed by atoms with van der Waals surface area (Å²) in [4.78, 5) is 0.358. The number of ether oxygens (including phenoxy) is 1. The number of hydrogen-bond acceptors (Lipinski definition) is 4. The van der Waals surface area contributed by atoms with Gasteiger partial charge in [-0.05, 0) is 49.9 Å². The molecule has 5 heteroatoms. The first-order valence-electron chi connectivity index (χ1n) is 6.58. The van der Waals surface area contributed by atoms with Crippen molar-refractivity contribution >= 4 is 15.5 Å². The Balaban J connectivity index is 2.00. The molecule has 0 radical (unpaired) electrons. The molecule has 0 saturated heterocycles. The SMILES string of the molecule is COC1CCCC(Nc2ccc(S(C)(=O)=O)cc2)C1. The highest BCUT2D eigenvalue weighted by Crippen LogP contribution is 2.24. The van der Waals surface area contributed by atoms with Crippen LogP contribution < -0.4 is 5.32 Å². The molecule has 106 valence electrons. The molecule has 0 heterocycles. The zero-order chi connectivity index (χ0) is 13.9. The molecular formula is C14H21NO3S. The number of rotatable bonds is 4. The highest BCUT2D eigenvalue weighted by Gasteiger charge is 2.21. The summed E-state index contributed by atoms with van der Waals surface area (Å²) in [5.41, 5.74) is 0.967. The van der Waals surface area contributed by atoms with Gasteiger partial charge in [0.15, 0.2) is 9.84 Å². The van der Waals surface area contributed by atoms with Crippen LogP contribution in [0.25, 0.3) is 0 Å². The largest absolute Gasteiger partial charge is 0.382 e. The standard InChI is InChI=1S/C14H21NO3S/c1-18-13-5-3-4-12(10-13)15-11-6-8-14(9-7-11)19(2,16)17/h6-9,12-13,15H,3-5,10H2,1-2H3. The van der Waals surface area contributed by atoms with Gasteiger partial charge in [-0.2, -0.15) is 0 Å². The second kappa shape index (κ2) is 5.92. The van der Waals surface area contributed by atoms with Gasteiger partial charge in [-0.15, -0.1) is 0 Å². The Bertz CT molecular complexity index is 510. The van der Waals surface area contributed by atoms with Gasteiger partial charge in [0.05, 0.1) is 11.0 Å². The Morgan fingerprint density at radius 1 is 1.21 bits per heavy atom. The summed E-state index contributed by atoms with van der Waals surface area (Å²) >= 11 is 0. The Hall–Kier alpha value is -1.07. The zero-order valence-electron chi connectivity index (χ0n) is 11.4. The summed E-state index contributed by atoms with van der Waals surface area (Å²) in [6, 6.07) is 7.35. The lowest BCUT2D eigenvalue weighted by Gasteiger charge is -2.29. The van der Waals surface area contributed by atoms with Crippen LogP contribution in [0, 0.1) is 0 Å². The molecule has 0 aliphatic heterocycles. The molecule has 1 aliphatic rings. The van der Waals surface area contributed by atoms with Crippen LogP contribution in [0.15, 0.2) is 29.2 Å². The third-order valence-electron chi connectivity index (χ3n) is 3.61. The lowest BCUT2D eigenvalue weighted by molar-refractivity contribution is 0.0669. The van der Waals surface area contributed by atoms with E-state index in [1.165, 1.54) is 6.26 Å². The van der Waals surface area contributed by atoms with E-state index in [0.717, 1.165) is 31.4 Å². The first-order chi connectivity index (χ1) is 8.99. The lowest BCUT2D eigenvalue weighted by Crippen LogP contribution is -2.30. The Morgan fingerprint density at radius 3 is 2.47 bits per heavy atom. The number of hydrogen-bond donors (Lipinski definition) is 1. The second-order valence-electron chi connectivity index (χ2n) is 5.16.